The third-order valence-corrected chi connectivity index (χ3v) is 2.99. The van der Waals surface area contributed by atoms with Crippen LogP contribution in [-0.2, 0) is 13.1 Å². The molecule has 1 aromatic rings. The van der Waals surface area contributed by atoms with Crippen LogP contribution >= 0.6 is 0 Å². The van der Waals surface area contributed by atoms with Crippen LogP contribution in [0.15, 0.2) is 6.20 Å². The van der Waals surface area contributed by atoms with E-state index >= 15 is 0 Å². The first-order valence-corrected chi connectivity index (χ1v) is 5.44. The summed E-state index contributed by atoms with van der Waals surface area (Å²) < 4.78 is 1.79. The van der Waals surface area contributed by atoms with Crippen LogP contribution in [0, 0.1) is 5.41 Å². The van der Waals surface area contributed by atoms with Gasteiger partial charge in [0.05, 0.1) is 12.2 Å². The Labute approximate surface area is 90.0 Å². The number of hydrogen-bond donors (Lipinski definition) is 2. The highest BCUT2D eigenvalue weighted by molar-refractivity contribution is 5.03. The van der Waals surface area contributed by atoms with E-state index in [1.165, 1.54) is 6.42 Å². The van der Waals surface area contributed by atoms with Gasteiger partial charge in [-0.1, -0.05) is 19.1 Å². The molecular formula is C10H19N5. The number of hydrogen-bond acceptors (Lipinski definition) is 4. The summed E-state index contributed by atoms with van der Waals surface area (Å²) >= 11 is 0. The second-order valence-electron chi connectivity index (χ2n) is 4.89. The molecule has 15 heavy (non-hydrogen) atoms. The average molecular weight is 209 g/mol. The van der Waals surface area contributed by atoms with Crippen LogP contribution in [0.1, 0.15) is 26.0 Å². The first-order chi connectivity index (χ1) is 7.12. The summed E-state index contributed by atoms with van der Waals surface area (Å²) in [6.07, 6.45) is 3.21. The quantitative estimate of drug-likeness (QED) is 0.723. The summed E-state index contributed by atoms with van der Waals surface area (Å²) in [5, 5.41) is 11.5. The van der Waals surface area contributed by atoms with Crippen LogP contribution in [0.2, 0.25) is 0 Å². The van der Waals surface area contributed by atoms with Crippen molar-refractivity contribution in [3.05, 3.63) is 11.9 Å². The minimum atomic E-state index is 0.466. The second kappa shape index (κ2) is 3.90. The van der Waals surface area contributed by atoms with E-state index in [1.54, 1.807) is 4.68 Å². The van der Waals surface area contributed by atoms with E-state index in [2.05, 4.69) is 29.5 Å². The summed E-state index contributed by atoms with van der Waals surface area (Å²) in [7, 11) is 0. The van der Waals surface area contributed by atoms with Crippen LogP contribution in [0.3, 0.4) is 0 Å². The molecule has 2 rings (SSSR count). The zero-order chi connectivity index (χ0) is 10.9. The Morgan fingerprint density at radius 1 is 1.67 bits per heavy atom. The Hall–Kier alpha value is -0.940. The highest BCUT2D eigenvalue weighted by Gasteiger charge is 2.45. The van der Waals surface area contributed by atoms with Crippen molar-refractivity contribution in [2.75, 3.05) is 6.54 Å². The predicted molar refractivity (Wildman–Crippen MR) is 58.1 cm³/mol. The molecule has 0 aliphatic heterocycles. The molecule has 1 aromatic heterocycles. The lowest BCUT2D eigenvalue weighted by molar-refractivity contribution is 0.538. The molecule has 0 amide bonds. The number of rotatable bonds is 5. The zero-order valence-electron chi connectivity index (χ0n) is 9.40. The van der Waals surface area contributed by atoms with Crippen molar-refractivity contribution in [3.8, 4) is 0 Å². The van der Waals surface area contributed by atoms with E-state index in [4.69, 9.17) is 5.73 Å². The van der Waals surface area contributed by atoms with Gasteiger partial charge in [0.2, 0.25) is 0 Å². The lowest BCUT2D eigenvalue weighted by atomic mass is 10.2. The third-order valence-electron chi connectivity index (χ3n) is 2.99. The SMILES string of the molecule is CC1(C)CC1NCc1cn(CCN)nn1. The first kappa shape index (κ1) is 10.6. The summed E-state index contributed by atoms with van der Waals surface area (Å²) in [6, 6.07) is 0.636. The Bertz CT molecular complexity index is 330. The molecule has 0 radical (unpaired) electrons. The van der Waals surface area contributed by atoms with Gasteiger partial charge in [-0.05, 0) is 11.8 Å². The standard InChI is InChI=1S/C10H19N5/c1-10(2)5-9(10)12-6-8-7-15(4-3-11)14-13-8/h7,9,12H,3-6,11H2,1-2H3. The van der Waals surface area contributed by atoms with Gasteiger partial charge in [-0.25, -0.2) is 0 Å². The van der Waals surface area contributed by atoms with Crippen molar-refractivity contribution in [1.29, 1.82) is 0 Å². The molecule has 5 nitrogen and oxygen atoms in total. The number of nitrogens with two attached hydrogens (primary N) is 1. The Kier molecular flexibility index (Phi) is 2.75. The highest BCUT2D eigenvalue weighted by atomic mass is 15.4. The van der Waals surface area contributed by atoms with Gasteiger partial charge < -0.3 is 11.1 Å². The Balaban J connectivity index is 1.79. The average Bonchev–Trinajstić information content (AvgIpc) is 2.62. The van der Waals surface area contributed by atoms with Gasteiger partial charge in [-0.15, -0.1) is 5.10 Å². The lowest BCUT2D eigenvalue weighted by Gasteiger charge is -2.03. The van der Waals surface area contributed by atoms with Crippen molar-refractivity contribution in [1.82, 2.24) is 20.3 Å². The number of nitrogens with zero attached hydrogens (tertiary/aromatic N) is 3. The topological polar surface area (TPSA) is 68.8 Å². The van der Waals surface area contributed by atoms with Crippen LogP contribution in [0.5, 0.6) is 0 Å². The fourth-order valence-corrected chi connectivity index (χ4v) is 1.70. The molecule has 1 atom stereocenters. The first-order valence-electron chi connectivity index (χ1n) is 5.44. The highest BCUT2D eigenvalue weighted by Crippen LogP contribution is 2.44. The van der Waals surface area contributed by atoms with E-state index in [0.717, 1.165) is 18.8 Å². The molecule has 84 valence electrons. The summed E-state index contributed by atoms with van der Waals surface area (Å²) in [5.41, 5.74) is 6.89. The maximum Gasteiger partial charge on any atom is 0.0964 e. The van der Waals surface area contributed by atoms with Gasteiger partial charge in [0, 0.05) is 25.3 Å². The smallest absolute Gasteiger partial charge is 0.0964 e. The fraction of sp³-hybridized carbons (Fsp3) is 0.800. The summed E-state index contributed by atoms with van der Waals surface area (Å²) in [6.45, 7) is 6.69. The third kappa shape index (κ3) is 2.54. The minimum absolute atomic E-state index is 0.466. The number of aromatic nitrogens is 3. The molecule has 0 aromatic carbocycles. The fourth-order valence-electron chi connectivity index (χ4n) is 1.70. The van der Waals surface area contributed by atoms with E-state index < -0.39 is 0 Å². The molecule has 1 saturated carbocycles. The molecule has 1 heterocycles. The van der Waals surface area contributed by atoms with E-state index in [9.17, 15) is 0 Å². The number of nitrogens with one attached hydrogen (secondary N) is 1. The van der Waals surface area contributed by atoms with Crippen LogP contribution in [-0.4, -0.2) is 27.6 Å². The van der Waals surface area contributed by atoms with Crippen molar-refractivity contribution < 1.29 is 0 Å². The van der Waals surface area contributed by atoms with E-state index in [1.807, 2.05) is 6.20 Å². The van der Waals surface area contributed by atoms with Crippen molar-refractivity contribution in [2.45, 2.75) is 39.4 Å². The van der Waals surface area contributed by atoms with E-state index in [-0.39, 0.29) is 0 Å². The Morgan fingerprint density at radius 2 is 2.40 bits per heavy atom. The molecule has 3 N–H and O–H groups in total. The molecule has 0 bridgehead atoms. The van der Waals surface area contributed by atoms with Crippen LogP contribution in [0.25, 0.3) is 0 Å². The molecule has 5 heteroatoms. The normalized spacial score (nSPS) is 23.0. The summed E-state index contributed by atoms with van der Waals surface area (Å²) in [4.78, 5) is 0. The monoisotopic (exact) mass is 209 g/mol. The molecule has 1 aliphatic carbocycles. The molecule has 1 fully saturated rings. The maximum atomic E-state index is 5.43. The van der Waals surface area contributed by atoms with Crippen molar-refractivity contribution >= 4 is 0 Å². The predicted octanol–water partition coefficient (Wildman–Crippen LogP) is 0.125. The second-order valence-corrected chi connectivity index (χ2v) is 4.89. The van der Waals surface area contributed by atoms with Crippen molar-refractivity contribution in [2.24, 2.45) is 11.1 Å². The molecular weight excluding hydrogens is 190 g/mol. The minimum Gasteiger partial charge on any atom is -0.329 e. The molecule has 0 saturated heterocycles. The molecule has 0 spiro atoms. The van der Waals surface area contributed by atoms with Gasteiger partial charge >= 0.3 is 0 Å². The zero-order valence-corrected chi connectivity index (χ0v) is 9.40. The van der Waals surface area contributed by atoms with Gasteiger partial charge in [0.25, 0.3) is 0 Å². The maximum absolute atomic E-state index is 5.43. The van der Waals surface area contributed by atoms with Gasteiger partial charge in [0.1, 0.15) is 0 Å². The van der Waals surface area contributed by atoms with Crippen LogP contribution < -0.4 is 11.1 Å². The lowest BCUT2D eigenvalue weighted by Crippen LogP contribution is -2.20. The van der Waals surface area contributed by atoms with Gasteiger partial charge in [-0.2, -0.15) is 0 Å². The van der Waals surface area contributed by atoms with Gasteiger partial charge in [-0.3, -0.25) is 4.68 Å². The summed E-state index contributed by atoms with van der Waals surface area (Å²) in [5.74, 6) is 0. The molecule has 1 unspecified atom stereocenters. The van der Waals surface area contributed by atoms with E-state index in [0.29, 0.717) is 18.0 Å². The van der Waals surface area contributed by atoms with Gasteiger partial charge in [0.15, 0.2) is 0 Å². The van der Waals surface area contributed by atoms with Crippen LogP contribution in [0.4, 0.5) is 0 Å². The largest absolute Gasteiger partial charge is 0.329 e. The molecule has 1 aliphatic rings. The Morgan fingerprint density at radius 3 is 3.00 bits per heavy atom. The van der Waals surface area contributed by atoms with Crippen molar-refractivity contribution in [3.63, 3.8) is 0 Å².